The smallest absolute Gasteiger partial charge is 0.264 e. The van der Waals surface area contributed by atoms with E-state index in [-0.39, 0.29) is 11.1 Å². The van der Waals surface area contributed by atoms with E-state index in [0.29, 0.717) is 0 Å². The van der Waals surface area contributed by atoms with E-state index in [9.17, 15) is 13.2 Å². The summed E-state index contributed by atoms with van der Waals surface area (Å²) in [6.45, 7) is -0.873. The van der Waals surface area contributed by atoms with Crippen LogP contribution in [0.25, 0.3) is 0 Å². The molecule has 0 aliphatic heterocycles. The molecule has 11 heavy (non-hydrogen) atoms. The van der Waals surface area contributed by atoms with Crippen LogP contribution in [0.4, 0.5) is 13.2 Å². The highest BCUT2D eigenvalue weighted by molar-refractivity contribution is 5.23. The Balaban J connectivity index is 3.02. The minimum atomic E-state index is -2.64. The maximum atomic E-state index is 12.0. The highest BCUT2D eigenvalue weighted by Gasteiger charge is 2.11. The second-order valence-corrected chi connectivity index (χ2v) is 2.01. The van der Waals surface area contributed by atoms with E-state index in [4.69, 9.17) is 0 Å². The van der Waals surface area contributed by atoms with Gasteiger partial charge in [-0.05, 0) is 11.6 Å². The average molecular weight is 161 g/mol. The predicted molar refractivity (Wildman–Crippen MR) is 34.0 cm³/mol. The minimum Gasteiger partial charge on any atom is -0.264 e. The lowest BCUT2D eigenvalue weighted by Crippen LogP contribution is -1.92. The van der Waals surface area contributed by atoms with Crippen LogP contribution in [0.3, 0.4) is 0 Å². The summed E-state index contributed by atoms with van der Waals surface area (Å²) >= 11 is 0. The van der Waals surface area contributed by atoms with Crippen LogP contribution in [0.2, 0.25) is 0 Å². The van der Waals surface area contributed by atoms with Crippen LogP contribution in [-0.2, 0) is 6.67 Å². The van der Waals surface area contributed by atoms with Crippen LogP contribution >= 0.6 is 0 Å². The zero-order valence-corrected chi connectivity index (χ0v) is 5.60. The first-order chi connectivity index (χ1) is 5.25. The molecular formula is C7H6F3N. The molecule has 1 rings (SSSR count). The molecule has 1 nitrogen and oxygen atoms in total. The summed E-state index contributed by atoms with van der Waals surface area (Å²) in [6, 6.07) is 1.25. The molecule has 1 aromatic heterocycles. The third-order valence-corrected chi connectivity index (χ3v) is 1.33. The van der Waals surface area contributed by atoms with Gasteiger partial charge in [-0.1, -0.05) is 0 Å². The molecule has 0 radical (unpaired) electrons. The molecule has 0 fully saturated rings. The number of nitrogens with zero attached hydrogens (tertiary/aromatic N) is 1. The van der Waals surface area contributed by atoms with Gasteiger partial charge in [0.2, 0.25) is 0 Å². The van der Waals surface area contributed by atoms with Crippen molar-refractivity contribution in [2.75, 3.05) is 0 Å². The summed E-state index contributed by atoms with van der Waals surface area (Å²) in [4.78, 5) is 3.47. The summed E-state index contributed by atoms with van der Waals surface area (Å²) in [7, 11) is 0. The number of rotatable bonds is 2. The van der Waals surface area contributed by atoms with Gasteiger partial charge in [0.1, 0.15) is 6.67 Å². The van der Waals surface area contributed by atoms with Gasteiger partial charge in [-0.15, -0.1) is 0 Å². The van der Waals surface area contributed by atoms with Gasteiger partial charge in [-0.2, -0.15) is 0 Å². The van der Waals surface area contributed by atoms with E-state index in [1.807, 2.05) is 0 Å². The van der Waals surface area contributed by atoms with Gasteiger partial charge in [-0.25, -0.2) is 13.2 Å². The van der Waals surface area contributed by atoms with Crippen molar-refractivity contribution in [1.82, 2.24) is 4.98 Å². The number of hydrogen-bond acceptors (Lipinski definition) is 1. The van der Waals surface area contributed by atoms with Gasteiger partial charge in [-0.3, -0.25) is 4.98 Å². The van der Waals surface area contributed by atoms with E-state index in [1.165, 1.54) is 12.3 Å². The van der Waals surface area contributed by atoms with E-state index in [1.54, 1.807) is 0 Å². The molecule has 0 saturated heterocycles. The van der Waals surface area contributed by atoms with Crippen LogP contribution in [0.15, 0.2) is 18.5 Å². The average Bonchev–Trinajstić information content (AvgIpc) is 2.04. The van der Waals surface area contributed by atoms with Crippen molar-refractivity contribution < 1.29 is 13.2 Å². The third-order valence-electron chi connectivity index (χ3n) is 1.33. The first-order valence-electron chi connectivity index (χ1n) is 3.02. The lowest BCUT2D eigenvalue weighted by atomic mass is 10.2. The number of aromatic nitrogens is 1. The molecule has 0 aliphatic carbocycles. The molecule has 0 aliphatic rings. The van der Waals surface area contributed by atoms with Crippen molar-refractivity contribution in [1.29, 1.82) is 0 Å². The Bertz CT molecular complexity index is 237. The second-order valence-electron chi connectivity index (χ2n) is 2.01. The SMILES string of the molecule is FCc1ccncc1C(F)F. The van der Waals surface area contributed by atoms with E-state index in [2.05, 4.69) is 4.98 Å². The van der Waals surface area contributed by atoms with Crippen LogP contribution in [-0.4, -0.2) is 4.98 Å². The Morgan fingerprint density at radius 2 is 2.18 bits per heavy atom. The molecule has 0 spiro atoms. The fourth-order valence-electron chi connectivity index (χ4n) is 0.754. The number of pyridine rings is 1. The predicted octanol–water partition coefficient (Wildman–Crippen LogP) is 2.49. The van der Waals surface area contributed by atoms with Crippen LogP contribution < -0.4 is 0 Å². The second kappa shape index (κ2) is 3.37. The fourth-order valence-corrected chi connectivity index (χ4v) is 0.754. The van der Waals surface area contributed by atoms with E-state index in [0.717, 1.165) is 6.20 Å². The normalized spacial score (nSPS) is 10.5. The molecular weight excluding hydrogens is 155 g/mol. The van der Waals surface area contributed by atoms with Gasteiger partial charge in [0.15, 0.2) is 0 Å². The van der Waals surface area contributed by atoms with Crippen molar-refractivity contribution in [3.8, 4) is 0 Å². The zero-order chi connectivity index (χ0) is 8.27. The molecule has 0 amide bonds. The summed E-state index contributed by atoms with van der Waals surface area (Å²) in [5.41, 5.74) is -0.315. The lowest BCUT2D eigenvalue weighted by Gasteiger charge is -2.02. The maximum absolute atomic E-state index is 12.0. The van der Waals surface area contributed by atoms with Gasteiger partial charge < -0.3 is 0 Å². The lowest BCUT2D eigenvalue weighted by molar-refractivity contribution is 0.149. The topological polar surface area (TPSA) is 12.9 Å². The molecule has 1 heterocycles. The van der Waals surface area contributed by atoms with Crippen molar-refractivity contribution in [2.24, 2.45) is 0 Å². The Morgan fingerprint density at radius 3 is 2.64 bits per heavy atom. The van der Waals surface area contributed by atoms with Gasteiger partial charge in [0.25, 0.3) is 6.43 Å². The molecule has 0 N–H and O–H groups in total. The van der Waals surface area contributed by atoms with Crippen molar-refractivity contribution in [3.05, 3.63) is 29.6 Å². The van der Waals surface area contributed by atoms with Crippen LogP contribution in [0.5, 0.6) is 0 Å². The van der Waals surface area contributed by atoms with Gasteiger partial charge in [0, 0.05) is 18.0 Å². The summed E-state index contributed by atoms with van der Waals surface area (Å²) < 4.78 is 36.0. The standard InChI is InChI=1S/C7H6F3N/c8-3-5-1-2-11-4-6(5)7(9)10/h1-2,4,7H,3H2. The monoisotopic (exact) mass is 161 g/mol. The van der Waals surface area contributed by atoms with E-state index >= 15 is 0 Å². The molecule has 0 saturated carbocycles. The Labute approximate surface area is 61.9 Å². The number of alkyl halides is 3. The molecule has 4 heteroatoms. The van der Waals surface area contributed by atoms with Crippen molar-refractivity contribution in [2.45, 2.75) is 13.1 Å². The van der Waals surface area contributed by atoms with Crippen molar-refractivity contribution >= 4 is 0 Å². The zero-order valence-electron chi connectivity index (χ0n) is 5.60. The molecule has 0 unspecified atom stereocenters. The first kappa shape index (κ1) is 8.04. The molecule has 0 atom stereocenters. The minimum absolute atomic E-state index is 0.00926. The summed E-state index contributed by atoms with van der Waals surface area (Å²) in [5.74, 6) is 0. The fraction of sp³-hybridized carbons (Fsp3) is 0.286. The Kier molecular flexibility index (Phi) is 2.46. The largest absolute Gasteiger partial charge is 0.265 e. The maximum Gasteiger partial charge on any atom is 0.265 e. The quantitative estimate of drug-likeness (QED) is 0.649. The van der Waals surface area contributed by atoms with Crippen LogP contribution in [0, 0.1) is 0 Å². The van der Waals surface area contributed by atoms with E-state index < -0.39 is 13.1 Å². The Morgan fingerprint density at radius 1 is 1.45 bits per heavy atom. The summed E-state index contributed by atoms with van der Waals surface area (Å²) in [6.07, 6.45) is -0.366. The molecule has 60 valence electrons. The molecule has 0 bridgehead atoms. The highest BCUT2D eigenvalue weighted by Crippen LogP contribution is 2.21. The number of hydrogen-bond donors (Lipinski definition) is 0. The highest BCUT2D eigenvalue weighted by atomic mass is 19.3. The first-order valence-corrected chi connectivity index (χ1v) is 3.02. The Hall–Kier alpha value is -1.06. The molecule has 1 aromatic rings. The van der Waals surface area contributed by atoms with Gasteiger partial charge >= 0.3 is 0 Å². The third kappa shape index (κ3) is 1.69. The van der Waals surface area contributed by atoms with Gasteiger partial charge in [0.05, 0.1) is 0 Å². The summed E-state index contributed by atoms with van der Waals surface area (Å²) in [5, 5.41) is 0. The molecule has 0 aromatic carbocycles. The van der Waals surface area contributed by atoms with Crippen LogP contribution in [0.1, 0.15) is 17.6 Å². The number of halogens is 3. The van der Waals surface area contributed by atoms with Crippen molar-refractivity contribution in [3.63, 3.8) is 0 Å².